The molecule has 2 aliphatic rings. The number of piperidine rings is 1. The summed E-state index contributed by atoms with van der Waals surface area (Å²) in [6.45, 7) is 13.3. The molecular formula is C22H36N4O2. The largest absolute Gasteiger partial charge is 0.445 e. The van der Waals surface area contributed by atoms with E-state index >= 15 is 0 Å². The number of benzene rings is 1. The van der Waals surface area contributed by atoms with E-state index in [1.165, 1.54) is 26.2 Å². The maximum atomic E-state index is 12.2. The smallest absolute Gasteiger partial charge is 0.410 e. The van der Waals surface area contributed by atoms with Gasteiger partial charge in [-0.05, 0) is 32.3 Å². The number of amides is 1. The minimum absolute atomic E-state index is 0.190. The predicted molar refractivity (Wildman–Crippen MR) is 112 cm³/mol. The monoisotopic (exact) mass is 388 g/mol. The third-order valence-electron chi connectivity index (χ3n) is 5.96. The Balaban J connectivity index is 1.26. The minimum Gasteiger partial charge on any atom is -0.445 e. The van der Waals surface area contributed by atoms with Crippen molar-refractivity contribution in [2.24, 2.45) is 0 Å². The molecule has 2 fully saturated rings. The second-order valence-electron chi connectivity index (χ2n) is 8.23. The highest BCUT2D eigenvalue weighted by Gasteiger charge is 2.24. The third kappa shape index (κ3) is 6.47. The minimum atomic E-state index is -0.190. The Hall–Kier alpha value is -1.63. The molecule has 0 bridgehead atoms. The van der Waals surface area contributed by atoms with Gasteiger partial charge in [0.15, 0.2) is 0 Å². The van der Waals surface area contributed by atoms with Gasteiger partial charge < -0.3 is 15.0 Å². The molecule has 1 amide bonds. The summed E-state index contributed by atoms with van der Waals surface area (Å²) in [5.41, 5.74) is 1.03. The first-order valence-electron chi connectivity index (χ1n) is 10.8. The second kappa shape index (κ2) is 10.8. The van der Waals surface area contributed by atoms with Crippen molar-refractivity contribution in [3.05, 3.63) is 35.9 Å². The fraction of sp³-hybridized carbons (Fsp3) is 0.682. The lowest BCUT2D eigenvalue weighted by molar-refractivity contribution is 0.0842. The van der Waals surface area contributed by atoms with Gasteiger partial charge in [0.25, 0.3) is 0 Å². The van der Waals surface area contributed by atoms with Crippen molar-refractivity contribution in [1.82, 2.24) is 20.0 Å². The molecule has 0 aromatic heterocycles. The SMILES string of the molecule is CC(C)N1CCN(CCNC2CCN(C(=O)OCc3ccccc3)CC2)CC1. The number of carbonyl (C=O) groups excluding carboxylic acids is 1. The first kappa shape index (κ1) is 21.1. The second-order valence-corrected chi connectivity index (χ2v) is 8.23. The van der Waals surface area contributed by atoms with Crippen LogP contribution in [0, 0.1) is 0 Å². The maximum Gasteiger partial charge on any atom is 0.410 e. The van der Waals surface area contributed by atoms with Crippen LogP contribution in [-0.2, 0) is 11.3 Å². The van der Waals surface area contributed by atoms with Gasteiger partial charge in [-0.3, -0.25) is 9.80 Å². The third-order valence-corrected chi connectivity index (χ3v) is 5.96. The van der Waals surface area contributed by atoms with Crippen LogP contribution in [0.3, 0.4) is 0 Å². The van der Waals surface area contributed by atoms with Crippen molar-refractivity contribution < 1.29 is 9.53 Å². The Bertz CT molecular complexity index is 579. The standard InChI is InChI=1S/C22H36N4O2/c1-19(2)25-16-14-24(15-17-25)13-10-23-21-8-11-26(12-9-21)22(27)28-18-20-6-4-3-5-7-20/h3-7,19,21,23H,8-18H2,1-2H3. The number of ether oxygens (including phenoxy) is 1. The first-order chi connectivity index (χ1) is 13.6. The Kier molecular flexibility index (Phi) is 8.13. The average molecular weight is 389 g/mol. The van der Waals surface area contributed by atoms with E-state index in [9.17, 15) is 4.79 Å². The van der Waals surface area contributed by atoms with Gasteiger partial charge in [0.05, 0.1) is 0 Å². The van der Waals surface area contributed by atoms with Gasteiger partial charge in [-0.25, -0.2) is 4.79 Å². The molecule has 0 atom stereocenters. The number of carbonyl (C=O) groups is 1. The van der Waals surface area contributed by atoms with Crippen molar-refractivity contribution in [3.63, 3.8) is 0 Å². The van der Waals surface area contributed by atoms with Gasteiger partial charge in [0.1, 0.15) is 6.61 Å². The molecule has 0 aliphatic carbocycles. The van der Waals surface area contributed by atoms with Crippen LogP contribution in [0.2, 0.25) is 0 Å². The van der Waals surface area contributed by atoms with E-state index in [0.29, 0.717) is 18.7 Å². The molecule has 156 valence electrons. The molecule has 6 nitrogen and oxygen atoms in total. The fourth-order valence-electron chi connectivity index (χ4n) is 4.01. The van der Waals surface area contributed by atoms with Crippen LogP contribution in [0.1, 0.15) is 32.3 Å². The molecule has 2 saturated heterocycles. The van der Waals surface area contributed by atoms with Crippen LogP contribution in [0.5, 0.6) is 0 Å². The van der Waals surface area contributed by atoms with Gasteiger partial charge in [-0.1, -0.05) is 30.3 Å². The van der Waals surface area contributed by atoms with Crippen LogP contribution in [0.25, 0.3) is 0 Å². The van der Waals surface area contributed by atoms with Crippen molar-refractivity contribution in [2.75, 3.05) is 52.4 Å². The fourth-order valence-corrected chi connectivity index (χ4v) is 4.01. The molecule has 0 radical (unpaired) electrons. The molecule has 3 rings (SSSR count). The zero-order valence-corrected chi connectivity index (χ0v) is 17.5. The van der Waals surface area contributed by atoms with Crippen molar-refractivity contribution in [1.29, 1.82) is 0 Å². The number of hydrogen-bond acceptors (Lipinski definition) is 5. The molecule has 6 heteroatoms. The lowest BCUT2D eigenvalue weighted by Gasteiger charge is -2.37. The molecule has 1 aromatic carbocycles. The molecular weight excluding hydrogens is 352 g/mol. The summed E-state index contributed by atoms with van der Waals surface area (Å²) < 4.78 is 5.44. The Morgan fingerprint density at radius 3 is 2.39 bits per heavy atom. The summed E-state index contributed by atoms with van der Waals surface area (Å²) in [5.74, 6) is 0. The highest BCUT2D eigenvalue weighted by molar-refractivity contribution is 5.67. The number of nitrogens with zero attached hydrogens (tertiary/aromatic N) is 3. The molecule has 2 aliphatic heterocycles. The van der Waals surface area contributed by atoms with E-state index in [-0.39, 0.29) is 6.09 Å². The molecule has 0 unspecified atom stereocenters. The molecule has 0 spiro atoms. The summed E-state index contributed by atoms with van der Waals surface area (Å²) in [4.78, 5) is 19.2. The van der Waals surface area contributed by atoms with Gasteiger partial charge in [0.2, 0.25) is 0 Å². The van der Waals surface area contributed by atoms with E-state index in [1.807, 2.05) is 35.2 Å². The quantitative estimate of drug-likeness (QED) is 0.777. The number of nitrogens with one attached hydrogen (secondary N) is 1. The lowest BCUT2D eigenvalue weighted by atomic mass is 10.1. The number of hydrogen-bond donors (Lipinski definition) is 1. The highest BCUT2D eigenvalue weighted by atomic mass is 16.6. The molecule has 1 N–H and O–H groups in total. The van der Waals surface area contributed by atoms with E-state index < -0.39 is 0 Å². The Morgan fingerprint density at radius 2 is 1.75 bits per heavy atom. The zero-order chi connectivity index (χ0) is 19.8. The van der Waals surface area contributed by atoms with Crippen LogP contribution < -0.4 is 5.32 Å². The average Bonchev–Trinajstić information content (AvgIpc) is 2.73. The summed E-state index contributed by atoms with van der Waals surface area (Å²) in [6.07, 6.45) is 1.81. The van der Waals surface area contributed by atoms with E-state index in [2.05, 4.69) is 29.0 Å². The van der Waals surface area contributed by atoms with Crippen LogP contribution >= 0.6 is 0 Å². The van der Waals surface area contributed by atoms with Crippen LogP contribution in [0.15, 0.2) is 30.3 Å². The summed E-state index contributed by atoms with van der Waals surface area (Å²) >= 11 is 0. The number of likely N-dealkylation sites (tertiary alicyclic amines) is 1. The lowest BCUT2D eigenvalue weighted by Crippen LogP contribution is -2.51. The summed E-state index contributed by atoms with van der Waals surface area (Å²) in [6, 6.07) is 11.0. The molecule has 28 heavy (non-hydrogen) atoms. The highest BCUT2D eigenvalue weighted by Crippen LogP contribution is 2.13. The molecule has 2 heterocycles. The molecule has 1 aromatic rings. The topological polar surface area (TPSA) is 48.0 Å². The Labute approximate surface area is 169 Å². The first-order valence-corrected chi connectivity index (χ1v) is 10.8. The van der Waals surface area contributed by atoms with Crippen molar-refractivity contribution in [3.8, 4) is 0 Å². The number of rotatable bonds is 7. The zero-order valence-electron chi connectivity index (χ0n) is 17.5. The van der Waals surface area contributed by atoms with Gasteiger partial charge in [-0.2, -0.15) is 0 Å². The van der Waals surface area contributed by atoms with Crippen molar-refractivity contribution >= 4 is 6.09 Å². The van der Waals surface area contributed by atoms with E-state index in [4.69, 9.17) is 4.74 Å². The maximum absolute atomic E-state index is 12.2. The van der Waals surface area contributed by atoms with Crippen LogP contribution in [0.4, 0.5) is 4.79 Å². The summed E-state index contributed by atoms with van der Waals surface area (Å²) in [5, 5.41) is 3.69. The van der Waals surface area contributed by atoms with E-state index in [1.54, 1.807) is 0 Å². The summed E-state index contributed by atoms with van der Waals surface area (Å²) in [7, 11) is 0. The van der Waals surface area contributed by atoms with Gasteiger partial charge in [-0.15, -0.1) is 0 Å². The van der Waals surface area contributed by atoms with Gasteiger partial charge >= 0.3 is 6.09 Å². The van der Waals surface area contributed by atoms with Crippen molar-refractivity contribution in [2.45, 2.75) is 45.4 Å². The Morgan fingerprint density at radius 1 is 1.07 bits per heavy atom. The van der Waals surface area contributed by atoms with E-state index in [0.717, 1.165) is 44.6 Å². The van der Waals surface area contributed by atoms with Crippen LogP contribution in [-0.4, -0.2) is 85.2 Å². The number of piperazine rings is 1. The normalized spacial score (nSPS) is 19.9. The molecule has 0 saturated carbocycles. The predicted octanol–water partition coefficient (Wildman–Crippen LogP) is 2.40. The van der Waals surface area contributed by atoms with Gasteiger partial charge in [0, 0.05) is 64.4 Å².